The number of piperidine rings is 1. The van der Waals surface area contributed by atoms with Gasteiger partial charge in [-0.3, -0.25) is 9.48 Å². The summed E-state index contributed by atoms with van der Waals surface area (Å²) in [6.45, 7) is 0. The van der Waals surface area contributed by atoms with E-state index in [1.165, 1.54) is 6.20 Å². The fraction of sp³-hybridized carbons (Fsp3) is 0.304. The molecular formula is C23H19F3N6O. The standard InChI is InChI=1S/C23H19F3N6O/c1-30-21(12-8-16(24)19(26)17(25)9-12)14-10-13-4-2-5-18(20(14)29-30)32(13)23(33)15-11-28-31-7-3-6-27-22(15)31/h3,6-9,11,13,18H,2,4-5,10H2,1H3. The smallest absolute Gasteiger partial charge is 0.260 e. The highest BCUT2D eigenvalue weighted by Gasteiger charge is 2.44. The average molecular weight is 452 g/mol. The molecule has 5 heterocycles. The molecule has 2 aliphatic rings. The van der Waals surface area contributed by atoms with Crippen molar-refractivity contribution in [1.29, 1.82) is 0 Å². The zero-order valence-corrected chi connectivity index (χ0v) is 17.7. The Morgan fingerprint density at radius 3 is 2.73 bits per heavy atom. The van der Waals surface area contributed by atoms with Crippen molar-refractivity contribution in [3.63, 3.8) is 0 Å². The Bertz CT molecular complexity index is 1400. The Hall–Kier alpha value is -3.69. The van der Waals surface area contributed by atoms with E-state index in [4.69, 9.17) is 0 Å². The number of fused-ring (bicyclic) bond motifs is 5. The van der Waals surface area contributed by atoms with E-state index in [-0.39, 0.29) is 23.6 Å². The summed E-state index contributed by atoms with van der Waals surface area (Å²) in [4.78, 5) is 19.8. The van der Waals surface area contributed by atoms with Crippen molar-refractivity contribution in [2.24, 2.45) is 7.05 Å². The summed E-state index contributed by atoms with van der Waals surface area (Å²) in [5.41, 5.74) is 3.25. The number of hydrogen-bond acceptors (Lipinski definition) is 4. The highest BCUT2D eigenvalue weighted by atomic mass is 19.2. The zero-order chi connectivity index (χ0) is 22.9. The van der Waals surface area contributed by atoms with Crippen molar-refractivity contribution in [3.05, 3.63) is 71.1 Å². The summed E-state index contributed by atoms with van der Waals surface area (Å²) in [7, 11) is 1.69. The van der Waals surface area contributed by atoms with Crippen LogP contribution in [0, 0.1) is 17.5 Å². The maximum absolute atomic E-state index is 14.0. The molecule has 33 heavy (non-hydrogen) atoms. The zero-order valence-electron chi connectivity index (χ0n) is 17.7. The molecule has 0 aliphatic carbocycles. The van der Waals surface area contributed by atoms with Gasteiger partial charge in [0, 0.05) is 36.6 Å². The normalized spacial score (nSPS) is 19.7. The third-order valence-corrected chi connectivity index (χ3v) is 6.68. The highest BCUT2D eigenvalue weighted by molar-refractivity contribution is 6.00. The van der Waals surface area contributed by atoms with E-state index >= 15 is 0 Å². The number of rotatable bonds is 2. The van der Waals surface area contributed by atoms with Crippen molar-refractivity contribution in [2.45, 2.75) is 37.8 Å². The number of halogens is 3. The Kier molecular flexibility index (Phi) is 4.33. The van der Waals surface area contributed by atoms with Gasteiger partial charge in [-0.2, -0.15) is 10.2 Å². The lowest BCUT2D eigenvalue weighted by Gasteiger charge is -2.45. The van der Waals surface area contributed by atoms with Crippen LogP contribution >= 0.6 is 0 Å². The van der Waals surface area contributed by atoms with Gasteiger partial charge in [0.15, 0.2) is 23.1 Å². The summed E-state index contributed by atoms with van der Waals surface area (Å²) in [5.74, 6) is -4.14. The lowest BCUT2D eigenvalue weighted by Crippen LogP contribution is -2.49. The summed E-state index contributed by atoms with van der Waals surface area (Å²) in [6.07, 6.45) is 7.85. The first-order valence-corrected chi connectivity index (χ1v) is 10.8. The van der Waals surface area contributed by atoms with Crippen LogP contribution in [0.3, 0.4) is 0 Å². The molecule has 6 rings (SSSR count). The first-order valence-electron chi connectivity index (χ1n) is 10.8. The first kappa shape index (κ1) is 20.0. The van der Waals surface area contributed by atoms with Crippen LogP contribution in [0.1, 0.15) is 46.9 Å². The van der Waals surface area contributed by atoms with Crippen molar-refractivity contribution >= 4 is 11.6 Å². The van der Waals surface area contributed by atoms with Crippen molar-refractivity contribution in [1.82, 2.24) is 29.3 Å². The molecule has 0 spiro atoms. The minimum atomic E-state index is -1.49. The fourth-order valence-corrected chi connectivity index (χ4v) is 5.32. The third-order valence-electron chi connectivity index (χ3n) is 6.68. The van der Waals surface area contributed by atoms with Gasteiger partial charge in [0.25, 0.3) is 5.91 Å². The van der Waals surface area contributed by atoms with Crippen LogP contribution in [0.25, 0.3) is 16.9 Å². The molecule has 168 valence electrons. The number of carbonyl (C=O) groups excluding carboxylic acids is 1. The summed E-state index contributed by atoms with van der Waals surface area (Å²) >= 11 is 0. The second-order valence-corrected chi connectivity index (χ2v) is 8.55. The van der Waals surface area contributed by atoms with E-state index in [1.807, 2.05) is 4.90 Å². The highest BCUT2D eigenvalue weighted by Crippen LogP contribution is 2.45. The Morgan fingerprint density at radius 1 is 1.15 bits per heavy atom. The fourth-order valence-electron chi connectivity index (χ4n) is 5.32. The monoisotopic (exact) mass is 452 g/mol. The van der Waals surface area contributed by atoms with Crippen LogP contribution in [0.5, 0.6) is 0 Å². The van der Waals surface area contributed by atoms with Crippen LogP contribution in [0.2, 0.25) is 0 Å². The Morgan fingerprint density at radius 2 is 1.94 bits per heavy atom. The second kappa shape index (κ2) is 7.16. The maximum atomic E-state index is 14.0. The largest absolute Gasteiger partial charge is 0.326 e. The molecule has 7 nitrogen and oxygen atoms in total. The lowest BCUT2D eigenvalue weighted by molar-refractivity contribution is 0.0393. The Labute approximate surface area is 186 Å². The first-order chi connectivity index (χ1) is 15.9. The van der Waals surface area contributed by atoms with E-state index in [0.717, 1.165) is 37.0 Å². The van der Waals surface area contributed by atoms with Crippen LogP contribution in [0.15, 0.2) is 36.8 Å². The van der Waals surface area contributed by atoms with E-state index in [2.05, 4.69) is 15.2 Å². The molecule has 3 aromatic heterocycles. The molecule has 2 unspecified atom stereocenters. The van der Waals surface area contributed by atoms with E-state index < -0.39 is 17.5 Å². The van der Waals surface area contributed by atoms with Gasteiger partial charge in [-0.05, 0) is 43.9 Å². The molecule has 4 aromatic rings. The van der Waals surface area contributed by atoms with E-state index in [9.17, 15) is 18.0 Å². The number of benzene rings is 1. The third kappa shape index (κ3) is 2.89. The minimum absolute atomic E-state index is 0.0968. The molecule has 2 atom stereocenters. The topological polar surface area (TPSA) is 68.3 Å². The van der Waals surface area contributed by atoms with Crippen LogP contribution in [0.4, 0.5) is 13.2 Å². The average Bonchev–Trinajstić information content (AvgIpc) is 3.37. The molecule has 0 radical (unpaired) electrons. The maximum Gasteiger partial charge on any atom is 0.260 e. The number of amides is 1. The molecule has 1 saturated heterocycles. The van der Waals surface area contributed by atoms with Gasteiger partial charge in [0.2, 0.25) is 0 Å². The number of aryl methyl sites for hydroxylation is 1. The van der Waals surface area contributed by atoms with Crippen molar-refractivity contribution in [3.8, 4) is 11.3 Å². The molecule has 1 fully saturated rings. The number of aromatic nitrogens is 5. The molecular weight excluding hydrogens is 433 g/mol. The molecule has 2 aliphatic heterocycles. The number of carbonyl (C=O) groups is 1. The van der Waals surface area contributed by atoms with Gasteiger partial charge in [-0.25, -0.2) is 22.7 Å². The Balaban J connectivity index is 1.45. The molecule has 0 N–H and O–H groups in total. The van der Waals surface area contributed by atoms with Gasteiger partial charge in [0.1, 0.15) is 5.56 Å². The van der Waals surface area contributed by atoms with Gasteiger partial charge in [-0.1, -0.05) is 0 Å². The van der Waals surface area contributed by atoms with Gasteiger partial charge in [0.05, 0.1) is 23.6 Å². The van der Waals surface area contributed by atoms with Crippen molar-refractivity contribution < 1.29 is 18.0 Å². The predicted octanol–water partition coefficient (Wildman–Crippen LogP) is 3.84. The predicted molar refractivity (Wildman–Crippen MR) is 112 cm³/mol. The second-order valence-electron chi connectivity index (χ2n) is 8.55. The van der Waals surface area contributed by atoms with Crippen molar-refractivity contribution in [2.75, 3.05) is 0 Å². The van der Waals surface area contributed by atoms with Gasteiger partial charge < -0.3 is 4.90 Å². The number of hydrogen-bond donors (Lipinski definition) is 0. The number of nitrogens with zero attached hydrogens (tertiary/aromatic N) is 6. The van der Waals surface area contributed by atoms with Crippen LogP contribution in [-0.2, 0) is 13.5 Å². The molecule has 0 saturated carbocycles. The van der Waals surface area contributed by atoms with Crippen LogP contribution < -0.4 is 0 Å². The quantitative estimate of drug-likeness (QED) is 0.434. The summed E-state index contributed by atoms with van der Waals surface area (Å²) in [6, 6.07) is 3.36. The molecule has 10 heteroatoms. The summed E-state index contributed by atoms with van der Waals surface area (Å²) in [5, 5.41) is 8.89. The van der Waals surface area contributed by atoms with E-state index in [1.54, 1.807) is 34.7 Å². The molecule has 1 aromatic carbocycles. The van der Waals surface area contributed by atoms with Gasteiger partial charge >= 0.3 is 0 Å². The van der Waals surface area contributed by atoms with E-state index in [0.29, 0.717) is 29.0 Å². The molecule has 1 amide bonds. The lowest BCUT2D eigenvalue weighted by atomic mass is 9.81. The SMILES string of the molecule is Cn1nc2c(c1-c1cc(F)c(F)c(F)c1)CC1CCCC2N1C(=O)c1cnn2cccnc12. The minimum Gasteiger partial charge on any atom is -0.326 e. The summed E-state index contributed by atoms with van der Waals surface area (Å²) < 4.78 is 44.6. The van der Waals surface area contributed by atoms with Crippen LogP contribution in [-0.4, -0.2) is 41.2 Å². The molecule has 2 bridgehead atoms. The van der Waals surface area contributed by atoms with Gasteiger partial charge in [-0.15, -0.1) is 0 Å².